The van der Waals surface area contributed by atoms with Crippen molar-refractivity contribution in [2.75, 3.05) is 31.6 Å². The van der Waals surface area contributed by atoms with Crippen molar-refractivity contribution in [1.82, 2.24) is 4.90 Å². The Morgan fingerprint density at radius 3 is 2.70 bits per heavy atom. The number of halogens is 5. The molecule has 0 N–H and O–H groups in total. The SMILES string of the molecule is CN(CC(F)(F)F)[C@@H]1CCN(c2cc(F)c(Br)cc2[N+](=O)[O-])C1. The lowest BCUT2D eigenvalue weighted by molar-refractivity contribution is -0.384. The quantitative estimate of drug-likeness (QED) is 0.441. The van der Waals surface area contributed by atoms with Gasteiger partial charge in [-0.3, -0.25) is 15.0 Å². The summed E-state index contributed by atoms with van der Waals surface area (Å²) in [5.74, 6) is -0.655. The molecule has 0 radical (unpaired) electrons. The average molecular weight is 400 g/mol. The molecule has 0 aliphatic carbocycles. The van der Waals surface area contributed by atoms with Gasteiger partial charge in [-0.2, -0.15) is 13.2 Å². The molecule has 128 valence electrons. The first-order valence-electron chi connectivity index (χ1n) is 6.74. The normalized spacial score (nSPS) is 18.7. The van der Waals surface area contributed by atoms with E-state index < -0.39 is 29.5 Å². The Morgan fingerprint density at radius 1 is 1.48 bits per heavy atom. The number of hydrogen-bond donors (Lipinski definition) is 0. The molecular formula is C13H14BrF4N3O2. The fourth-order valence-electron chi connectivity index (χ4n) is 2.66. The second kappa shape index (κ2) is 6.60. The minimum absolute atomic E-state index is 0.0297. The number of rotatable bonds is 4. The molecule has 0 unspecified atom stereocenters. The van der Waals surface area contributed by atoms with Crippen LogP contribution in [0.2, 0.25) is 0 Å². The summed E-state index contributed by atoms with van der Waals surface area (Å²) in [5.41, 5.74) is -0.198. The van der Waals surface area contributed by atoms with Crippen LogP contribution in [0.1, 0.15) is 6.42 Å². The summed E-state index contributed by atoms with van der Waals surface area (Å²) < 4.78 is 51.0. The summed E-state index contributed by atoms with van der Waals surface area (Å²) in [6.07, 6.45) is -3.89. The van der Waals surface area contributed by atoms with E-state index in [1.165, 1.54) is 11.9 Å². The van der Waals surface area contributed by atoms with Crippen molar-refractivity contribution in [1.29, 1.82) is 0 Å². The van der Waals surface area contributed by atoms with Gasteiger partial charge in [0.15, 0.2) is 0 Å². The molecule has 1 saturated heterocycles. The number of anilines is 1. The molecule has 2 rings (SSSR count). The van der Waals surface area contributed by atoms with Gasteiger partial charge < -0.3 is 4.90 Å². The fraction of sp³-hybridized carbons (Fsp3) is 0.538. The summed E-state index contributed by atoms with van der Waals surface area (Å²) in [5, 5.41) is 11.1. The van der Waals surface area contributed by atoms with Crippen LogP contribution in [0.5, 0.6) is 0 Å². The van der Waals surface area contributed by atoms with Crippen LogP contribution in [0.15, 0.2) is 16.6 Å². The van der Waals surface area contributed by atoms with Gasteiger partial charge in [0.05, 0.1) is 15.9 Å². The Bertz CT molecular complexity index is 612. The van der Waals surface area contributed by atoms with Crippen LogP contribution in [-0.4, -0.2) is 48.7 Å². The molecule has 1 aromatic rings. The number of alkyl halides is 3. The van der Waals surface area contributed by atoms with Gasteiger partial charge in [0, 0.05) is 31.3 Å². The topological polar surface area (TPSA) is 49.6 Å². The monoisotopic (exact) mass is 399 g/mol. The number of nitro benzene ring substituents is 1. The molecule has 1 atom stereocenters. The molecule has 1 aliphatic heterocycles. The fourth-order valence-corrected chi connectivity index (χ4v) is 2.99. The van der Waals surface area contributed by atoms with Gasteiger partial charge in [-0.25, -0.2) is 4.39 Å². The predicted octanol–water partition coefficient (Wildman–Crippen LogP) is 3.57. The Kier molecular flexibility index (Phi) is 5.14. The molecule has 1 fully saturated rings. The number of nitrogens with zero attached hydrogens (tertiary/aromatic N) is 3. The van der Waals surface area contributed by atoms with Gasteiger partial charge in [-0.15, -0.1) is 0 Å². The first-order chi connectivity index (χ1) is 10.6. The summed E-state index contributed by atoms with van der Waals surface area (Å²) in [6, 6.07) is 1.70. The lowest BCUT2D eigenvalue weighted by Crippen LogP contribution is -2.40. The van der Waals surface area contributed by atoms with Crippen LogP contribution in [0.3, 0.4) is 0 Å². The van der Waals surface area contributed by atoms with E-state index in [9.17, 15) is 27.7 Å². The maximum absolute atomic E-state index is 13.7. The van der Waals surface area contributed by atoms with Crippen molar-refractivity contribution in [3.63, 3.8) is 0 Å². The molecule has 0 spiro atoms. The molecule has 5 nitrogen and oxygen atoms in total. The van der Waals surface area contributed by atoms with Gasteiger partial charge in [0.2, 0.25) is 0 Å². The first-order valence-corrected chi connectivity index (χ1v) is 7.53. The Hall–Kier alpha value is -1.42. The Labute approximate surface area is 138 Å². The van der Waals surface area contributed by atoms with E-state index in [4.69, 9.17) is 0 Å². The molecule has 10 heteroatoms. The van der Waals surface area contributed by atoms with E-state index >= 15 is 0 Å². The molecule has 1 heterocycles. The number of benzene rings is 1. The van der Waals surface area contributed by atoms with Crippen LogP contribution in [0, 0.1) is 15.9 Å². The highest BCUT2D eigenvalue weighted by Gasteiger charge is 2.36. The first kappa shape index (κ1) is 17.9. The predicted molar refractivity (Wildman–Crippen MR) is 80.1 cm³/mol. The Balaban J connectivity index is 2.19. The van der Waals surface area contributed by atoms with E-state index in [1.807, 2.05) is 0 Å². The van der Waals surface area contributed by atoms with Gasteiger partial charge >= 0.3 is 6.18 Å². The van der Waals surface area contributed by atoms with Crippen LogP contribution in [0.25, 0.3) is 0 Å². The third-order valence-corrected chi connectivity index (χ3v) is 4.38. The van der Waals surface area contributed by atoms with E-state index in [0.717, 1.165) is 12.1 Å². The highest BCUT2D eigenvalue weighted by Crippen LogP contribution is 2.35. The van der Waals surface area contributed by atoms with Crippen LogP contribution in [-0.2, 0) is 0 Å². The number of hydrogen-bond acceptors (Lipinski definition) is 4. The second-order valence-electron chi connectivity index (χ2n) is 5.43. The molecule has 1 aliphatic rings. The zero-order chi connectivity index (χ0) is 17.4. The smallest absolute Gasteiger partial charge is 0.364 e. The second-order valence-corrected chi connectivity index (χ2v) is 6.29. The summed E-state index contributed by atoms with van der Waals surface area (Å²) in [7, 11) is 1.36. The molecule has 0 bridgehead atoms. The van der Waals surface area contributed by atoms with Gasteiger partial charge in [0.1, 0.15) is 11.5 Å². The largest absolute Gasteiger partial charge is 0.401 e. The summed E-state index contributed by atoms with van der Waals surface area (Å²) in [4.78, 5) is 13.2. The highest BCUT2D eigenvalue weighted by molar-refractivity contribution is 9.10. The molecular weight excluding hydrogens is 386 g/mol. The lowest BCUT2D eigenvalue weighted by Gasteiger charge is -2.26. The van der Waals surface area contributed by atoms with Crippen LogP contribution >= 0.6 is 15.9 Å². The average Bonchev–Trinajstić information content (AvgIpc) is 2.88. The number of likely N-dealkylation sites (N-methyl/N-ethyl adjacent to an activating group) is 1. The molecule has 23 heavy (non-hydrogen) atoms. The van der Waals surface area contributed by atoms with Gasteiger partial charge in [0.25, 0.3) is 5.69 Å². The lowest BCUT2D eigenvalue weighted by atomic mass is 10.2. The van der Waals surface area contributed by atoms with Crippen molar-refractivity contribution < 1.29 is 22.5 Å². The maximum Gasteiger partial charge on any atom is 0.401 e. The third kappa shape index (κ3) is 4.31. The van der Waals surface area contributed by atoms with Gasteiger partial charge in [-0.05, 0) is 29.4 Å². The van der Waals surface area contributed by atoms with E-state index in [0.29, 0.717) is 13.0 Å². The van der Waals surface area contributed by atoms with E-state index in [1.54, 1.807) is 4.90 Å². The number of nitro groups is 1. The molecule has 0 aromatic heterocycles. The van der Waals surface area contributed by atoms with Crippen molar-refractivity contribution >= 4 is 27.3 Å². The van der Waals surface area contributed by atoms with Gasteiger partial charge in [-0.1, -0.05) is 0 Å². The standard InChI is InChI=1S/C13H14BrF4N3O2/c1-19(7-13(16,17)18)8-2-3-20(6-8)11-5-10(15)9(14)4-12(11)21(22)23/h4-5,8H,2-3,6-7H2,1H3/t8-/m1/s1. The van der Waals surface area contributed by atoms with E-state index in [-0.39, 0.29) is 22.4 Å². The van der Waals surface area contributed by atoms with Crippen molar-refractivity contribution in [2.45, 2.75) is 18.6 Å². The van der Waals surface area contributed by atoms with E-state index in [2.05, 4.69) is 15.9 Å². The molecule has 1 aromatic carbocycles. The van der Waals surface area contributed by atoms with Crippen molar-refractivity contribution in [3.05, 3.63) is 32.5 Å². The zero-order valence-corrected chi connectivity index (χ0v) is 13.7. The maximum atomic E-state index is 13.7. The van der Waals surface area contributed by atoms with Crippen molar-refractivity contribution in [2.24, 2.45) is 0 Å². The molecule has 0 amide bonds. The Morgan fingerprint density at radius 2 is 2.13 bits per heavy atom. The minimum Gasteiger partial charge on any atom is -0.364 e. The highest BCUT2D eigenvalue weighted by atomic mass is 79.9. The van der Waals surface area contributed by atoms with Crippen LogP contribution in [0.4, 0.5) is 28.9 Å². The summed E-state index contributed by atoms with van der Waals surface area (Å²) >= 11 is 2.89. The van der Waals surface area contributed by atoms with Crippen molar-refractivity contribution in [3.8, 4) is 0 Å². The third-order valence-electron chi connectivity index (χ3n) is 3.77. The summed E-state index contributed by atoms with van der Waals surface area (Å²) in [6.45, 7) is -0.550. The zero-order valence-electron chi connectivity index (χ0n) is 12.1. The molecule has 0 saturated carbocycles. The minimum atomic E-state index is -4.31. The van der Waals surface area contributed by atoms with Crippen LogP contribution < -0.4 is 4.90 Å².